The van der Waals surface area contributed by atoms with E-state index in [0.717, 1.165) is 19.4 Å². The quantitative estimate of drug-likeness (QED) is 0.638. The summed E-state index contributed by atoms with van der Waals surface area (Å²) < 4.78 is 1.40. The molecular weight excluding hydrogens is 294 g/mol. The van der Waals surface area contributed by atoms with Gasteiger partial charge in [-0.25, -0.2) is 0 Å². The van der Waals surface area contributed by atoms with Gasteiger partial charge in [0.25, 0.3) is 0 Å². The van der Waals surface area contributed by atoms with Gasteiger partial charge in [0, 0.05) is 15.6 Å². The van der Waals surface area contributed by atoms with E-state index in [1.54, 1.807) is 0 Å². The molecule has 1 N–H and O–H groups in total. The molecule has 3 rings (SSSR count). The van der Waals surface area contributed by atoms with E-state index < -0.39 is 0 Å². The van der Waals surface area contributed by atoms with Gasteiger partial charge in [0.05, 0.1) is 0 Å². The molecule has 2 aromatic heterocycles. The minimum Gasteiger partial charge on any atom is -0.313 e. The highest BCUT2D eigenvalue weighted by Crippen LogP contribution is 2.27. The highest BCUT2D eigenvalue weighted by atomic mass is 32.1. The molecule has 1 unspecified atom stereocenters. The van der Waals surface area contributed by atoms with Crippen LogP contribution in [-0.2, 0) is 12.8 Å². The first-order valence-electron chi connectivity index (χ1n) is 7.57. The molecule has 3 heteroatoms. The Balaban J connectivity index is 1.76. The SMILES string of the molecule is CCCNC(Cc1cccs1)Cc1csc2ccccc12. The number of fused-ring (bicyclic) bond motifs is 1. The Hall–Kier alpha value is -1.16. The molecule has 1 atom stereocenters. The Morgan fingerprint density at radius 1 is 1.05 bits per heavy atom. The minimum absolute atomic E-state index is 0.529. The smallest absolute Gasteiger partial charge is 0.0345 e. The molecule has 1 nitrogen and oxygen atoms in total. The number of rotatable bonds is 7. The number of hydrogen-bond acceptors (Lipinski definition) is 3. The van der Waals surface area contributed by atoms with E-state index in [4.69, 9.17) is 0 Å². The predicted molar refractivity (Wildman–Crippen MR) is 95.6 cm³/mol. The van der Waals surface area contributed by atoms with Crippen LogP contribution in [0.5, 0.6) is 0 Å². The zero-order valence-electron chi connectivity index (χ0n) is 12.3. The van der Waals surface area contributed by atoms with Gasteiger partial charge in [-0.2, -0.15) is 0 Å². The molecule has 3 aromatic rings. The number of benzene rings is 1. The molecule has 0 aliphatic heterocycles. The predicted octanol–water partition coefficient (Wildman–Crippen LogP) is 5.12. The van der Waals surface area contributed by atoms with Gasteiger partial charge in [-0.3, -0.25) is 0 Å². The summed E-state index contributed by atoms with van der Waals surface area (Å²) in [6, 6.07) is 13.7. The molecule has 0 radical (unpaired) electrons. The molecule has 21 heavy (non-hydrogen) atoms. The molecule has 0 bridgehead atoms. The van der Waals surface area contributed by atoms with Crippen LogP contribution >= 0.6 is 22.7 Å². The minimum atomic E-state index is 0.529. The molecule has 2 heterocycles. The van der Waals surface area contributed by atoms with Crippen LogP contribution in [0.25, 0.3) is 10.1 Å². The fourth-order valence-electron chi connectivity index (χ4n) is 2.69. The Labute approximate surface area is 134 Å². The summed E-state index contributed by atoms with van der Waals surface area (Å²) >= 11 is 3.73. The van der Waals surface area contributed by atoms with Crippen LogP contribution in [0.4, 0.5) is 0 Å². The van der Waals surface area contributed by atoms with E-state index in [-0.39, 0.29) is 0 Å². The molecule has 0 fully saturated rings. The van der Waals surface area contributed by atoms with Gasteiger partial charge in [0.2, 0.25) is 0 Å². The van der Waals surface area contributed by atoms with Crippen molar-refractivity contribution in [2.24, 2.45) is 0 Å². The Morgan fingerprint density at radius 3 is 2.76 bits per heavy atom. The fourth-order valence-corrected chi connectivity index (χ4v) is 4.45. The van der Waals surface area contributed by atoms with Crippen LogP contribution in [0.15, 0.2) is 47.2 Å². The van der Waals surface area contributed by atoms with E-state index in [0.29, 0.717) is 6.04 Å². The van der Waals surface area contributed by atoms with Crippen LogP contribution in [0.3, 0.4) is 0 Å². The Kier molecular flexibility index (Phi) is 5.07. The maximum atomic E-state index is 3.72. The van der Waals surface area contributed by atoms with Crippen molar-refractivity contribution in [1.29, 1.82) is 0 Å². The lowest BCUT2D eigenvalue weighted by molar-refractivity contribution is 0.509. The Bertz CT molecular complexity index is 669. The standard InChI is InChI=1S/C18H21NS2/c1-2-9-19-15(12-16-6-5-10-20-16)11-14-13-21-18-8-4-3-7-17(14)18/h3-8,10,13,15,19H,2,9,11-12H2,1H3. The van der Waals surface area contributed by atoms with E-state index in [1.807, 2.05) is 22.7 Å². The second-order valence-electron chi connectivity index (χ2n) is 5.40. The van der Waals surface area contributed by atoms with Crippen molar-refractivity contribution in [2.45, 2.75) is 32.2 Å². The van der Waals surface area contributed by atoms with Crippen LogP contribution in [0.2, 0.25) is 0 Å². The van der Waals surface area contributed by atoms with Crippen LogP contribution in [0, 0.1) is 0 Å². The van der Waals surface area contributed by atoms with Gasteiger partial charge in [-0.1, -0.05) is 31.2 Å². The zero-order valence-corrected chi connectivity index (χ0v) is 14.0. The van der Waals surface area contributed by atoms with Crippen molar-refractivity contribution < 1.29 is 0 Å². The molecule has 0 saturated heterocycles. The van der Waals surface area contributed by atoms with Gasteiger partial charge in [0.15, 0.2) is 0 Å². The second-order valence-corrected chi connectivity index (χ2v) is 7.34. The van der Waals surface area contributed by atoms with E-state index in [2.05, 4.69) is 59.4 Å². The lowest BCUT2D eigenvalue weighted by atomic mass is 10.0. The summed E-state index contributed by atoms with van der Waals surface area (Å²) in [7, 11) is 0. The molecule has 110 valence electrons. The second kappa shape index (κ2) is 7.21. The monoisotopic (exact) mass is 315 g/mol. The van der Waals surface area contributed by atoms with Gasteiger partial charge in [-0.05, 0) is 59.6 Å². The maximum absolute atomic E-state index is 3.72. The molecule has 0 spiro atoms. The van der Waals surface area contributed by atoms with E-state index in [9.17, 15) is 0 Å². The summed E-state index contributed by atoms with van der Waals surface area (Å²) in [5, 5.41) is 9.66. The fraction of sp³-hybridized carbons (Fsp3) is 0.333. The normalized spacial score (nSPS) is 12.8. The topological polar surface area (TPSA) is 12.0 Å². The number of nitrogens with one attached hydrogen (secondary N) is 1. The molecular formula is C18H21NS2. The van der Waals surface area contributed by atoms with Gasteiger partial charge in [-0.15, -0.1) is 22.7 Å². The van der Waals surface area contributed by atoms with Crippen molar-refractivity contribution >= 4 is 32.8 Å². The third-order valence-electron chi connectivity index (χ3n) is 3.74. The van der Waals surface area contributed by atoms with Gasteiger partial charge < -0.3 is 5.32 Å². The van der Waals surface area contributed by atoms with Crippen LogP contribution < -0.4 is 5.32 Å². The Morgan fingerprint density at radius 2 is 1.95 bits per heavy atom. The summed E-state index contributed by atoms with van der Waals surface area (Å²) in [5.41, 5.74) is 1.49. The van der Waals surface area contributed by atoms with Crippen molar-refractivity contribution in [3.63, 3.8) is 0 Å². The average Bonchev–Trinajstić information content (AvgIpc) is 3.15. The van der Waals surface area contributed by atoms with Crippen LogP contribution in [-0.4, -0.2) is 12.6 Å². The van der Waals surface area contributed by atoms with Crippen molar-refractivity contribution in [2.75, 3.05) is 6.54 Å². The number of hydrogen-bond donors (Lipinski definition) is 1. The van der Waals surface area contributed by atoms with Crippen molar-refractivity contribution in [1.82, 2.24) is 5.32 Å². The number of thiophene rings is 2. The van der Waals surface area contributed by atoms with E-state index >= 15 is 0 Å². The first-order valence-corrected chi connectivity index (χ1v) is 9.33. The average molecular weight is 316 g/mol. The third-order valence-corrected chi connectivity index (χ3v) is 5.65. The molecule has 0 saturated carbocycles. The lowest BCUT2D eigenvalue weighted by Crippen LogP contribution is -2.33. The lowest BCUT2D eigenvalue weighted by Gasteiger charge is -2.17. The summed E-state index contributed by atoms with van der Waals surface area (Å²) in [4.78, 5) is 1.48. The third kappa shape index (κ3) is 3.73. The zero-order chi connectivity index (χ0) is 14.5. The first-order chi connectivity index (χ1) is 10.4. The van der Waals surface area contributed by atoms with E-state index in [1.165, 1.54) is 26.9 Å². The molecule has 1 aromatic carbocycles. The summed E-state index contributed by atoms with van der Waals surface area (Å²) in [5.74, 6) is 0. The van der Waals surface area contributed by atoms with Crippen LogP contribution in [0.1, 0.15) is 23.8 Å². The maximum Gasteiger partial charge on any atom is 0.0345 e. The van der Waals surface area contributed by atoms with Crippen molar-refractivity contribution in [3.8, 4) is 0 Å². The highest BCUT2D eigenvalue weighted by molar-refractivity contribution is 7.17. The molecule has 0 aliphatic rings. The highest BCUT2D eigenvalue weighted by Gasteiger charge is 2.13. The first kappa shape index (κ1) is 14.8. The molecule has 0 amide bonds. The molecule has 0 aliphatic carbocycles. The van der Waals surface area contributed by atoms with Gasteiger partial charge in [0.1, 0.15) is 0 Å². The van der Waals surface area contributed by atoms with Gasteiger partial charge >= 0.3 is 0 Å². The summed E-state index contributed by atoms with van der Waals surface area (Å²) in [6.45, 7) is 3.33. The largest absolute Gasteiger partial charge is 0.313 e. The summed E-state index contributed by atoms with van der Waals surface area (Å²) in [6.07, 6.45) is 3.43. The van der Waals surface area contributed by atoms with Crippen molar-refractivity contribution in [3.05, 3.63) is 57.6 Å².